The van der Waals surface area contributed by atoms with Crippen LogP contribution in [0.15, 0.2) is 34.4 Å². The van der Waals surface area contributed by atoms with Gasteiger partial charge in [0.2, 0.25) is 0 Å². The summed E-state index contributed by atoms with van der Waals surface area (Å²) in [6, 6.07) is 0. The van der Waals surface area contributed by atoms with E-state index in [9.17, 15) is 0 Å². The predicted molar refractivity (Wildman–Crippen MR) is 48.4 cm³/mol. The lowest BCUT2D eigenvalue weighted by atomic mass is 10.1. The fourth-order valence-electron chi connectivity index (χ4n) is 2.09. The van der Waals surface area contributed by atoms with E-state index in [2.05, 4.69) is 26.0 Å². The zero-order valence-electron chi connectivity index (χ0n) is 7.28. The second-order valence-corrected chi connectivity index (χ2v) is 3.50. The summed E-state index contributed by atoms with van der Waals surface area (Å²) in [5.74, 6) is 0. The van der Waals surface area contributed by atoms with Gasteiger partial charge >= 0.3 is 0 Å². The van der Waals surface area contributed by atoms with E-state index in [0.29, 0.717) is 0 Å². The van der Waals surface area contributed by atoms with Crippen molar-refractivity contribution in [3.8, 4) is 0 Å². The summed E-state index contributed by atoms with van der Waals surface area (Å²) >= 11 is 0. The van der Waals surface area contributed by atoms with Gasteiger partial charge in [0, 0.05) is 0 Å². The van der Waals surface area contributed by atoms with Crippen molar-refractivity contribution in [1.82, 2.24) is 0 Å². The van der Waals surface area contributed by atoms with Gasteiger partial charge < -0.3 is 0 Å². The molecule has 2 aliphatic carbocycles. The lowest BCUT2D eigenvalue weighted by Gasteiger charge is -1.96. The molecule has 0 heteroatoms. The second-order valence-electron chi connectivity index (χ2n) is 3.50. The van der Waals surface area contributed by atoms with Crippen molar-refractivity contribution >= 4 is 0 Å². The van der Waals surface area contributed by atoms with Crippen molar-refractivity contribution in [3.63, 3.8) is 0 Å². The van der Waals surface area contributed by atoms with Gasteiger partial charge in [-0.1, -0.05) is 23.3 Å². The molecule has 0 aliphatic heterocycles. The Bertz CT molecular complexity index is 274. The third-order valence-electron chi connectivity index (χ3n) is 2.65. The molecule has 0 amide bonds. The van der Waals surface area contributed by atoms with Gasteiger partial charge in [0.1, 0.15) is 0 Å². The van der Waals surface area contributed by atoms with E-state index in [1.54, 1.807) is 16.7 Å². The normalized spacial score (nSPS) is 26.4. The monoisotopic (exact) mass is 146 g/mol. The van der Waals surface area contributed by atoms with E-state index < -0.39 is 0 Å². The maximum absolute atomic E-state index is 2.36. The molecule has 2 aliphatic rings. The van der Waals surface area contributed by atoms with E-state index in [4.69, 9.17) is 0 Å². The molecule has 0 fully saturated rings. The Labute approximate surface area is 68.3 Å². The van der Waals surface area contributed by atoms with Crippen LogP contribution in [-0.4, -0.2) is 0 Å². The first-order valence-electron chi connectivity index (χ1n) is 4.36. The molecule has 58 valence electrons. The Hall–Kier alpha value is -0.780. The maximum atomic E-state index is 2.36. The molecule has 0 aromatic rings. The summed E-state index contributed by atoms with van der Waals surface area (Å²) in [6.45, 7) is 4.37. The predicted octanol–water partition coefficient (Wildman–Crippen LogP) is 3.37. The van der Waals surface area contributed by atoms with Crippen LogP contribution in [0.1, 0.15) is 33.1 Å². The van der Waals surface area contributed by atoms with Crippen LogP contribution in [-0.2, 0) is 0 Å². The van der Waals surface area contributed by atoms with Crippen LogP contribution < -0.4 is 0 Å². The van der Waals surface area contributed by atoms with E-state index >= 15 is 0 Å². The highest BCUT2D eigenvalue weighted by Gasteiger charge is 2.21. The molecular weight excluding hydrogens is 132 g/mol. The summed E-state index contributed by atoms with van der Waals surface area (Å²) in [6.07, 6.45) is 8.45. The van der Waals surface area contributed by atoms with Crippen LogP contribution in [0.4, 0.5) is 0 Å². The van der Waals surface area contributed by atoms with E-state index in [1.807, 2.05) is 0 Å². The molecule has 0 spiro atoms. The van der Waals surface area contributed by atoms with Gasteiger partial charge in [-0.25, -0.2) is 0 Å². The van der Waals surface area contributed by atoms with Gasteiger partial charge in [0.25, 0.3) is 0 Å². The highest BCUT2D eigenvalue weighted by atomic mass is 14.3. The Morgan fingerprint density at radius 2 is 2.18 bits per heavy atom. The summed E-state index contributed by atoms with van der Waals surface area (Å²) in [4.78, 5) is 0. The average molecular weight is 146 g/mol. The van der Waals surface area contributed by atoms with Gasteiger partial charge in [-0.05, 0) is 44.3 Å². The second kappa shape index (κ2) is 2.37. The summed E-state index contributed by atoms with van der Waals surface area (Å²) in [7, 11) is 0. The zero-order valence-corrected chi connectivity index (χ0v) is 7.28. The van der Waals surface area contributed by atoms with Crippen LogP contribution >= 0.6 is 0 Å². The molecule has 0 aromatic heterocycles. The summed E-state index contributed by atoms with van der Waals surface area (Å²) in [5.41, 5.74) is 6.34. The number of hydrogen-bond donors (Lipinski definition) is 0. The first kappa shape index (κ1) is 6.90. The third kappa shape index (κ3) is 0.973. The first-order chi connectivity index (χ1) is 5.31. The van der Waals surface area contributed by atoms with Crippen molar-refractivity contribution in [2.45, 2.75) is 33.1 Å². The van der Waals surface area contributed by atoms with E-state index in [0.717, 1.165) is 0 Å². The van der Waals surface area contributed by atoms with Crippen LogP contribution in [0.3, 0.4) is 0 Å². The highest BCUT2D eigenvalue weighted by molar-refractivity contribution is 5.54. The lowest BCUT2D eigenvalue weighted by Crippen LogP contribution is -1.77. The quantitative estimate of drug-likeness (QED) is 0.491. The molecule has 0 unspecified atom stereocenters. The fraction of sp³-hybridized carbons (Fsp3) is 0.455. The smallest absolute Gasteiger partial charge is 0.00987 e. The van der Waals surface area contributed by atoms with Crippen LogP contribution in [0.25, 0.3) is 0 Å². The summed E-state index contributed by atoms with van der Waals surface area (Å²) in [5, 5.41) is 0. The molecule has 0 aromatic carbocycles. The molecule has 0 heterocycles. The topological polar surface area (TPSA) is 0 Å². The molecule has 2 rings (SSSR count). The standard InChI is InChI=1S/C11H14/c1-3-9-4-5-10-6-8(2)7-11(9)10/h3,7H,4-6H2,1-2H3/b9-3-. The van der Waals surface area contributed by atoms with Crippen LogP contribution in [0.2, 0.25) is 0 Å². The fourth-order valence-corrected chi connectivity index (χ4v) is 2.09. The molecular formula is C11H14. The van der Waals surface area contributed by atoms with Crippen molar-refractivity contribution in [2.24, 2.45) is 0 Å². The highest BCUT2D eigenvalue weighted by Crippen LogP contribution is 2.40. The van der Waals surface area contributed by atoms with Gasteiger partial charge in [-0.3, -0.25) is 0 Å². The molecule has 0 nitrogen and oxygen atoms in total. The number of hydrogen-bond acceptors (Lipinski definition) is 0. The Morgan fingerprint density at radius 1 is 1.36 bits per heavy atom. The first-order valence-corrected chi connectivity index (χ1v) is 4.36. The van der Waals surface area contributed by atoms with Crippen molar-refractivity contribution in [1.29, 1.82) is 0 Å². The minimum atomic E-state index is 1.24. The van der Waals surface area contributed by atoms with Crippen LogP contribution in [0.5, 0.6) is 0 Å². The Kier molecular flexibility index (Phi) is 1.49. The molecule has 0 radical (unpaired) electrons. The van der Waals surface area contributed by atoms with Gasteiger partial charge in [0.05, 0.1) is 0 Å². The lowest BCUT2D eigenvalue weighted by molar-refractivity contribution is 0.953. The van der Waals surface area contributed by atoms with Crippen LogP contribution in [0, 0.1) is 0 Å². The number of rotatable bonds is 0. The van der Waals surface area contributed by atoms with Crippen molar-refractivity contribution < 1.29 is 0 Å². The van der Waals surface area contributed by atoms with Gasteiger partial charge in [-0.2, -0.15) is 0 Å². The Balaban J connectivity index is 2.37. The molecule has 0 bridgehead atoms. The molecule has 0 saturated carbocycles. The third-order valence-corrected chi connectivity index (χ3v) is 2.65. The SMILES string of the molecule is C/C=C1/CCC2=C1C=C(C)C2. The number of allylic oxidation sites excluding steroid dienone is 6. The van der Waals surface area contributed by atoms with Crippen molar-refractivity contribution in [3.05, 3.63) is 34.4 Å². The molecule has 0 saturated heterocycles. The minimum absolute atomic E-state index is 1.24. The Morgan fingerprint density at radius 3 is 2.91 bits per heavy atom. The molecule has 11 heavy (non-hydrogen) atoms. The zero-order chi connectivity index (χ0) is 7.84. The van der Waals surface area contributed by atoms with Crippen molar-refractivity contribution in [2.75, 3.05) is 0 Å². The maximum Gasteiger partial charge on any atom is -0.00987 e. The van der Waals surface area contributed by atoms with E-state index in [-0.39, 0.29) is 0 Å². The van der Waals surface area contributed by atoms with Gasteiger partial charge in [0.15, 0.2) is 0 Å². The summed E-state index contributed by atoms with van der Waals surface area (Å²) < 4.78 is 0. The van der Waals surface area contributed by atoms with Gasteiger partial charge in [-0.15, -0.1) is 0 Å². The molecule has 0 N–H and O–H groups in total. The molecule has 0 atom stereocenters. The average Bonchev–Trinajstić information content (AvgIpc) is 2.45. The largest absolute Gasteiger partial charge is 0.0838 e. The minimum Gasteiger partial charge on any atom is -0.0838 e. The van der Waals surface area contributed by atoms with E-state index in [1.165, 1.54) is 24.8 Å².